The molecule has 0 aliphatic carbocycles. The van der Waals surface area contributed by atoms with Gasteiger partial charge in [-0.15, -0.1) is 0 Å². The van der Waals surface area contributed by atoms with Gasteiger partial charge in [0.25, 0.3) is 0 Å². The molecule has 0 aromatic rings. The van der Waals surface area contributed by atoms with Crippen LogP contribution < -0.4 is 10.6 Å². The number of urea groups is 1. The van der Waals surface area contributed by atoms with Crippen LogP contribution in [0, 0.1) is 5.41 Å². The van der Waals surface area contributed by atoms with E-state index in [0.717, 1.165) is 13.0 Å². The summed E-state index contributed by atoms with van der Waals surface area (Å²) in [6.45, 7) is 6.07. The van der Waals surface area contributed by atoms with E-state index < -0.39 is 0 Å². The monoisotopic (exact) mass is 230 g/mol. The number of aliphatic hydroxyl groups excluding tert-OH is 1. The van der Waals surface area contributed by atoms with Gasteiger partial charge in [0.2, 0.25) is 0 Å². The Labute approximate surface area is 96.6 Å². The Hall–Kier alpha value is -0.810. The van der Waals surface area contributed by atoms with Crippen molar-refractivity contribution < 1.29 is 14.6 Å². The Bertz CT molecular complexity index is 225. The molecule has 1 rings (SSSR count). The van der Waals surface area contributed by atoms with E-state index in [1.807, 2.05) is 13.8 Å². The van der Waals surface area contributed by atoms with Crippen LogP contribution in [0.2, 0.25) is 0 Å². The Morgan fingerprint density at radius 1 is 1.56 bits per heavy atom. The summed E-state index contributed by atoms with van der Waals surface area (Å²) in [5.74, 6) is 0. The van der Waals surface area contributed by atoms with Crippen molar-refractivity contribution >= 4 is 6.03 Å². The van der Waals surface area contributed by atoms with Crippen molar-refractivity contribution in [2.24, 2.45) is 5.41 Å². The maximum absolute atomic E-state index is 11.5. The van der Waals surface area contributed by atoms with E-state index >= 15 is 0 Å². The van der Waals surface area contributed by atoms with Crippen molar-refractivity contribution in [3.05, 3.63) is 0 Å². The lowest BCUT2D eigenvalue weighted by Crippen LogP contribution is -2.45. The molecule has 2 amide bonds. The van der Waals surface area contributed by atoms with Crippen LogP contribution in [0.4, 0.5) is 4.79 Å². The van der Waals surface area contributed by atoms with Gasteiger partial charge in [0, 0.05) is 19.8 Å². The lowest BCUT2D eigenvalue weighted by atomic mass is 9.90. The summed E-state index contributed by atoms with van der Waals surface area (Å²) in [5.41, 5.74) is -0.0712. The molecule has 3 N–H and O–H groups in total. The number of carbonyl (C=O) groups is 1. The third kappa shape index (κ3) is 4.81. The van der Waals surface area contributed by atoms with E-state index in [0.29, 0.717) is 19.6 Å². The fourth-order valence-corrected chi connectivity index (χ4v) is 1.60. The first-order chi connectivity index (χ1) is 7.53. The first-order valence-corrected chi connectivity index (χ1v) is 5.76. The number of hydrogen-bond donors (Lipinski definition) is 3. The number of nitrogens with one attached hydrogen (secondary N) is 2. The molecule has 0 radical (unpaired) electrons. The molecule has 1 saturated heterocycles. The molecular weight excluding hydrogens is 208 g/mol. The summed E-state index contributed by atoms with van der Waals surface area (Å²) < 4.78 is 5.17. The summed E-state index contributed by atoms with van der Waals surface area (Å²) in [5, 5.41) is 14.5. The largest absolute Gasteiger partial charge is 0.396 e. The summed E-state index contributed by atoms with van der Waals surface area (Å²) in [4.78, 5) is 11.5. The molecule has 5 nitrogen and oxygen atoms in total. The molecule has 94 valence electrons. The van der Waals surface area contributed by atoms with Crippen molar-refractivity contribution in [3.8, 4) is 0 Å². The third-order valence-corrected chi connectivity index (χ3v) is 2.78. The van der Waals surface area contributed by atoms with Crippen LogP contribution in [-0.4, -0.2) is 43.5 Å². The van der Waals surface area contributed by atoms with E-state index in [1.165, 1.54) is 0 Å². The van der Waals surface area contributed by atoms with Crippen molar-refractivity contribution in [1.29, 1.82) is 0 Å². The molecular formula is C11H22N2O3. The quantitative estimate of drug-likeness (QED) is 0.643. The summed E-state index contributed by atoms with van der Waals surface area (Å²) in [7, 11) is 0. The van der Waals surface area contributed by atoms with Crippen LogP contribution in [0.15, 0.2) is 0 Å². The van der Waals surface area contributed by atoms with Crippen LogP contribution >= 0.6 is 0 Å². The number of ether oxygens (including phenoxy) is 1. The molecule has 0 saturated carbocycles. The topological polar surface area (TPSA) is 70.6 Å². The fourth-order valence-electron chi connectivity index (χ4n) is 1.60. The van der Waals surface area contributed by atoms with Crippen LogP contribution in [0.3, 0.4) is 0 Å². The molecule has 0 aromatic heterocycles. The number of aliphatic hydroxyl groups is 1. The molecule has 1 fully saturated rings. The van der Waals surface area contributed by atoms with E-state index in [9.17, 15) is 4.79 Å². The summed E-state index contributed by atoms with van der Waals surface area (Å²) in [6, 6.07) is -0.0116. The van der Waals surface area contributed by atoms with E-state index in [1.54, 1.807) is 0 Å². The summed E-state index contributed by atoms with van der Waals surface area (Å²) >= 11 is 0. The highest BCUT2D eigenvalue weighted by atomic mass is 16.5. The van der Waals surface area contributed by atoms with Crippen LogP contribution in [0.1, 0.15) is 26.7 Å². The fraction of sp³-hybridized carbons (Fsp3) is 0.909. The minimum Gasteiger partial charge on any atom is -0.396 e. The first-order valence-electron chi connectivity index (χ1n) is 5.76. The van der Waals surface area contributed by atoms with E-state index in [-0.39, 0.29) is 24.1 Å². The van der Waals surface area contributed by atoms with Gasteiger partial charge >= 0.3 is 6.03 Å². The number of hydrogen-bond acceptors (Lipinski definition) is 3. The molecule has 5 heteroatoms. The second kappa shape index (κ2) is 6.06. The van der Waals surface area contributed by atoms with E-state index in [2.05, 4.69) is 10.6 Å². The number of carbonyl (C=O) groups excluding carboxylic acids is 1. The molecule has 1 aliphatic rings. The van der Waals surface area contributed by atoms with Gasteiger partial charge < -0.3 is 20.5 Å². The maximum Gasteiger partial charge on any atom is 0.315 e. The standard InChI is InChI=1S/C11H22N2O3/c1-11(2,4-5-14)8-12-10(15)13-9-3-6-16-7-9/h9,14H,3-8H2,1-2H3,(H2,12,13,15). The Morgan fingerprint density at radius 3 is 2.88 bits per heavy atom. The lowest BCUT2D eigenvalue weighted by Gasteiger charge is -2.24. The van der Waals surface area contributed by atoms with Gasteiger partial charge in [0.1, 0.15) is 0 Å². The van der Waals surface area contributed by atoms with Crippen molar-refractivity contribution in [3.63, 3.8) is 0 Å². The molecule has 1 aliphatic heterocycles. The predicted molar refractivity (Wildman–Crippen MR) is 61.2 cm³/mol. The number of amides is 2. The Kier molecular flexibility index (Phi) is 5.02. The minimum absolute atomic E-state index is 0.0712. The zero-order valence-electron chi connectivity index (χ0n) is 10.1. The minimum atomic E-state index is -0.151. The van der Waals surface area contributed by atoms with Gasteiger partial charge in [-0.2, -0.15) is 0 Å². The van der Waals surface area contributed by atoms with Gasteiger partial charge in [-0.05, 0) is 18.3 Å². The maximum atomic E-state index is 11.5. The lowest BCUT2D eigenvalue weighted by molar-refractivity contribution is 0.186. The van der Waals surface area contributed by atoms with Crippen molar-refractivity contribution in [1.82, 2.24) is 10.6 Å². The van der Waals surface area contributed by atoms with Crippen LogP contribution in [0.25, 0.3) is 0 Å². The SMILES string of the molecule is CC(C)(CCO)CNC(=O)NC1CCOC1. The van der Waals surface area contributed by atoms with Gasteiger partial charge in [-0.3, -0.25) is 0 Å². The predicted octanol–water partition coefficient (Wildman–Crippen LogP) is 0.483. The van der Waals surface area contributed by atoms with Crippen molar-refractivity contribution in [2.45, 2.75) is 32.7 Å². The molecule has 0 aromatic carbocycles. The smallest absolute Gasteiger partial charge is 0.315 e. The average Bonchev–Trinajstić information content (AvgIpc) is 2.68. The molecule has 0 spiro atoms. The highest BCUT2D eigenvalue weighted by molar-refractivity contribution is 5.74. The van der Waals surface area contributed by atoms with Gasteiger partial charge in [0.05, 0.1) is 12.6 Å². The van der Waals surface area contributed by atoms with E-state index in [4.69, 9.17) is 9.84 Å². The first kappa shape index (κ1) is 13.3. The Morgan fingerprint density at radius 2 is 2.31 bits per heavy atom. The van der Waals surface area contributed by atoms with Gasteiger partial charge in [-0.25, -0.2) is 4.79 Å². The van der Waals surface area contributed by atoms with Crippen LogP contribution in [-0.2, 0) is 4.74 Å². The molecule has 1 atom stereocenters. The molecule has 1 heterocycles. The highest BCUT2D eigenvalue weighted by Gasteiger charge is 2.20. The molecule has 16 heavy (non-hydrogen) atoms. The molecule has 0 bridgehead atoms. The molecule has 1 unspecified atom stereocenters. The Balaban J connectivity index is 2.18. The second-order valence-corrected chi connectivity index (χ2v) is 5.03. The normalized spacial score (nSPS) is 20.8. The van der Waals surface area contributed by atoms with Crippen LogP contribution in [0.5, 0.6) is 0 Å². The third-order valence-electron chi connectivity index (χ3n) is 2.78. The highest BCUT2D eigenvalue weighted by Crippen LogP contribution is 2.17. The zero-order valence-corrected chi connectivity index (χ0v) is 10.1. The van der Waals surface area contributed by atoms with Crippen molar-refractivity contribution in [2.75, 3.05) is 26.4 Å². The van der Waals surface area contributed by atoms with Gasteiger partial charge in [-0.1, -0.05) is 13.8 Å². The zero-order chi connectivity index (χ0) is 12.0. The second-order valence-electron chi connectivity index (χ2n) is 5.03. The number of rotatable bonds is 5. The van der Waals surface area contributed by atoms with Gasteiger partial charge in [0.15, 0.2) is 0 Å². The summed E-state index contributed by atoms with van der Waals surface area (Å²) in [6.07, 6.45) is 1.56. The average molecular weight is 230 g/mol.